The van der Waals surface area contributed by atoms with Crippen LogP contribution in [0.1, 0.15) is 46.0 Å². The number of H-pyrrole nitrogens is 1. The third-order valence-corrected chi connectivity index (χ3v) is 5.44. The molecule has 3 aromatic heterocycles. The molecule has 0 saturated carbocycles. The van der Waals surface area contributed by atoms with E-state index in [4.69, 9.17) is 8.83 Å². The Morgan fingerprint density at radius 2 is 2.21 bits per heavy atom. The van der Waals surface area contributed by atoms with Gasteiger partial charge in [-0.1, -0.05) is 6.07 Å². The van der Waals surface area contributed by atoms with Crippen LogP contribution in [0.5, 0.6) is 0 Å². The summed E-state index contributed by atoms with van der Waals surface area (Å²) in [6, 6.07) is 4.58. The summed E-state index contributed by atoms with van der Waals surface area (Å²) in [5, 5.41) is 0. The number of halogens is 3. The summed E-state index contributed by atoms with van der Waals surface area (Å²) in [6.45, 7) is 0.238. The number of nitrogens with zero attached hydrogens (tertiary/aromatic N) is 4. The molecule has 4 aromatic rings. The van der Waals surface area contributed by atoms with Gasteiger partial charge in [-0.15, -0.1) is 0 Å². The number of aromatic amines is 1. The molecule has 4 heterocycles. The van der Waals surface area contributed by atoms with E-state index < -0.39 is 29.8 Å². The second-order valence-corrected chi connectivity index (χ2v) is 7.28. The fraction of sp³-hybridized carbons (Fsp3) is 0.222. The number of fused-ring (bicyclic) bond motifs is 2. The first-order chi connectivity index (χ1) is 14.0. The van der Waals surface area contributed by atoms with Crippen LogP contribution in [0.3, 0.4) is 0 Å². The number of nitrogens with one attached hydrogen (secondary N) is 1. The Bertz CT molecular complexity index is 1220. The molecule has 1 atom stereocenters. The fourth-order valence-corrected chi connectivity index (χ4v) is 3.93. The first-order valence-corrected chi connectivity index (χ1v) is 9.43. The third kappa shape index (κ3) is 2.84. The summed E-state index contributed by atoms with van der Waals surface area (Å²) in [5.74, 6) is -0.995. The molecule has 5 rings (SSSR count). The van der Waals surface area contributed by atoms with Gasteiger partial charge in [-0.05, 0) is 28.1 Å². The summed E-state index contributed by atoms with van der Waals surface area (Å²) < 4.78 is 38.1. The van der Waals surface area contributed by atoms with Gasteiger partial charge in [-0.2, -0.15) is 0 Å². The van der Waals surface area contributed by atoms with Gasteiger partial charge in [-0.3, -0.25) is 4.79 Å². The van der Waals surface area contributed by atoms with Crippen molar-refractivity contribution < 1.29 is 22.4 Å². The second-order valence-electron chi connectivity index (χ2n) is 6.42. The van der Waals surface area contributed by atoms with Crippen LogP contribution in [0.25, 0.3) is 11.1 Å². The number of hydrogen-bond acceptors (Lipinski definition) is 6. The maximum absolute atomic E-state index is 13.2. The Morgan fingerprint density at radius 1 is 1.34 bits per heavy atom. The van der Waals surface area contributed by atoms with Crippen molar-refractivity contribution in [3.05, 3.63) is 64.1 Å². The van der Waals surface area contributed by atoms with Crippen molar-refractivity contribution in [2.45, 2.75) is 18.9 Å². The average molecular weight is 464 g/mol. The highest BCUT2D eigenvalue weighted by molar-refractivity contribution is 9.10. The Hall–Kier alpha value is -3.08. The maximum atomic E-state index is 13.2. The van der Waals surface area contributed by atoms with E-state index in [9.17, 15) is 13.6 Å². The molecule has 0 radical (unpaired) electrons. The van der Waals surface area contributed by atoms with Crippen LogP contribution < -0.4 is 0 Å². The number of alkyl halides is 2. The number of carbonyl (C=O) groups is 1. The Labute approximate surface area is 170 Å². The van der Waals surface area contributed by atoms with E-state index >= 15 is 0 Å². The minimum Gasteiger partial charge on any atom is -0.438 e. The van der Waals surface area contributed by atoms with Crippen molar-refractivity contribution in [3.8, 4) is 0 Å². The van der Waals surface area contributed by atoms with Gasteiger partial charge >= 0.3 is 0 Å². The molecule has 0 aliphatic carbocycles. The first kappa shape index (κ1) is 18.0. The fourth-order valence-electron chi connectivity index (χ4n) is 3.50. The number of amides is 1. The predicted molar refractivity (Wildman–Crippen MR) is 98.3 cm³/mol. The highest BCUT2D eigenvalue weighted by Gasteiger charge is 2.40. The predicted octanol–water partition coefficient (Wildman–Crippen LogP) is 4.03. The zero-order valence-corrected chi connectivity index (χ0v) is 16.2. The number of para-hydroxylation sites is 1. The molecule has 1 aliphatic rings. The minimum absolute atomic E-state index is 0.228. The number of benzene rings is 1. The monoisotopic (exact) mass is 463 g/mol. The second kappa shape index (κ2) is 6.76. The molecular formula is C18H12BrF2N5O3. The number of aromatic nitrogens is 4. The van der Waals surface area contributed by atoms with E-state index in [2.05, 4.69) is 35.9 Å². The average Bonchev–Trinajstić information content (AvgIpc) is 3.44. The van der Waals surface area contributed by atoms with Crippen LogP contribution in [-0.4, -0.2) is 37.3 Å². The van der Waals surface area contributed by atoms with Gasteiger partial charge in [0.05, 0.1) is 12.0 Å². The van der Waals surface area contributed by atoms with Gasteiger partial charge in [0.15, 0.2) is 23.7 Å². The van der Waals surface area contributed by atoms with Crippen molar-refractivity contribution in [2.24, 2.45) is 0 Å². The van der Waals surface area contributed by atoms with E-state index in [-0.39, 0.29) is 12.4 Å². The molecular weight excluding hydrogens is 452 g/mol. The summed E-state index contributed by atoms with van der Waals surface area (Å²) in [6.07, 6.45) is -0.107. The van der Waals surface area contributed by atoms with Crippen LogP contribution in [0.15, 0.2) is 44.2 Å². The van der Waals surface area contributed by atoms with Gasteiger partial charge in [-0.25, -0.2) is 23.7 Å². The van der Waals surface area contributed by atoms with Gasteiger partial charge in [0, 0.05) is 23.1 Å². The number of oxazole rings is 2. The van der Waals surface area contributed by atoms with Crippen molar-refractivity contribution in [1.29, 1.82) is 0 Å². The molecule has 0 spiro atoms. The number of rotatable bonds is 3. The van der Waals surface area contributed by atoms with Crippen molar-refractivity contribution >= 4 is 32.9 Å². The molecule has 148 valence electrons. The summed E-state index contributed by atoms with van der Waals surface area (Å²) in [4.78, 5) is 29.9. The lowest BCUT2D eigenvalue weighted by atomic mass is 10.0. The van der Waals surface area contributed by atoms with Crippen LogP contribution in [0.4, 0.5) is 8.78 Å². The number of imidazole rings is 1. The van der Waals surface area contributed by atoms with Gasteiger partial charge in [0.2, 0.25) is 11.7 Å². The minimum atomic E-state index is -2.93. The van der Waals surface area contributed by atoms with Crippen LogP contribution in [0.2, 0.25) is 0 Å². The lowest BCUT2D eigenvalue weighted by molar-refractivity contribution is 0.0620. The first-order valence-electron chi connectivity index (χ1n) is 8.64. The number of hydrogen-bond donors (Lipinski definition) is 1. The van der Waals surface area contributed by atoms with Crippen LogP contribution in [-0.2, 0) is 6.42 Å². The molecule has 11 heteroatoms. The van der Waals surface area contributed by atoms with Gasteiger partial charge in [0.1, 0.15) is 5.52 Å². The molecule has 1 amide bonds. The lowest BCUT2D eigenvalue weighted by Gasteiger charge is -2.32. The van der Waals surface area contributed by atoms with Crippen molar-refractivity contribution in [3.63, 3.8) is 0 Å². The molecule has 0 bridgehead atoms. The molecule has 0 saturated heterocycles. The van der Waals surface area contributed by atoms with Crippen molar-refractivity contribution in [2.75, 3.05) is 6.54 Å². The van der Waals surface area contributed by atoms with E-state index in [1.165, 1.54) is 11.2 Å². The van der Waals surface area contributed by atoms with Gasteiger partial charge in [0.25, 0.3) is 12.3 Å². The molecule has 0 unspecified atom stereocenters. The van der Waals surface area contributed by atoms with Crippen molar-refractivity contribution in [1.82, 2.24) is 24.8 Å². The molecule has 1 N–H and O–H groups in total. The Kier molecular flexibility index (Phi) is 4.19. The normalized spacial score (nSPS) is 16.6. The number of carbonyl (C=O) groups excluding carboxylic acids is 1. The Morgan fingerprint density at radius 3 is 3.00 bits per heavy atom. The SMILES string of the molecule is O=C(c1ocnc1C(F)F)N1CCc2[nH]cnc2[C@H]1c1nc2c(Br)cccc2o1. The molecule has 0 fully saturated rings. The topological polar surface area (TPSA) is 101 Å². The summed E-state index contributed by atoms with van der Waals surface area (Å²) >= 11 is 3.43. The van der Waals surface area contributed by atoms with Gasteiger partial charge < -0.3 is 18.7 Å². The quantitative estimate of drug-likeness (QED) is 0.492. The van der Waals surface area contributed by atoms with E-state index in [1.807, 2.05) is 6.07 Å². The van der Waals surface area contributed by atoms with E-state index in [0.29, 0.717) is 23.2 Å². The highest BCUT2D eigenvalue weighted by Crippen LogP contribution is 2.37. The molecule has 1 aromatic carbocycles. The highest BCUT2D eigenvalue weighted by atomic mass is 79.9. The zero-order chi connectivity index (χ0) is 20.1. The molecule has 8 nitrogen and oxygen atoms in total. The standard InChI is InChI=1S/C18H12BrF2N5O3/c19-8-2-1-3-10-11(8)25-17(29-10)14-12-9(22-6-23-12)4-5-26(14)18(27)15-13(16(20)21)24-7-28-15/h1-3,6-7,14,16H,4-5H2,(H,22,23)/t14-/m0/s1. The van der Waals surface area contributed by atoms with E-state index in [1.54, 1.807) is 12.1 Å². The van der Waals surface area contributed by atoms with E-state index in [0.717, 1.165) is 16.6 Å². The maximum Gasteiger partial charge on any atom is 0.292 e. The summed E-state index contributed by atoms with van der Waals surface area (Å²) in [5.41, 5.74) is 1.79. The Balaban J connectivity index is 1.63. The molecule has 29 heavy (non-hydrogen) atoms. The van der Waals surface area contributed by atoms with Crippen LogP contribution in [0, 0.1) is 0 Å². The summed E-state index contributed by atoms with van der Waals surface area (Å²) in [7, 11) is 0. The largest absolute Gasteiger partial charge is 0.438 e. The lowest BCUT2D eigenvalue weighted by Crippen LogP contribution is -2.41. The van der Waals surface area contributed by atoms with Crippen LogP contribution >= 0.6 is 15.9 Å². The smallest absolute Gasteiger partial charge is 0.292 e. The third-order valence-electron chi connectivity index (χ3n) is 4.80. The molecule has 1 aliphatic heterocycles. The zero-order valence-electron chi connectivity index (χ0n) is 14.6.